The number of fused-ring (bicyclic) bond motifs is 2. The van der Waals surface area contributed by atoms with Crippen LogP contribution in [0.1, 0.15) is 16.1 Å². The third kappa shape index (κ3) is 2.19. The largest absolute Gasteiger partial charge is 0.486 e. The summed E-state index contributed by atoms with van der Waals surface area (Å²) < 4.78 is 12.7. The van der Waals surface area contributed by atoms with Crippen LogP contribution < -0.4 is 9.47 Å². The van der Waals surface area contributed by atoms with Gasteiger partial charge in [-0.15, -0.1) is 0 Å². The minimum atomic E-state index is -1.02. The molecule has 0 saturated heterocycles. The summed E-state index contributed by atoms with van der Waals surface area (Å²) in [6.07, 6.45) is 1.72. The van der Waals surface area contributed by atoms with Crippen molar-refractivity contribution in [3.8, 4) is 22.8 Å². The number of carboxylic acid groups (broad SMARTS) is 1. The van der Waals surface area contributed by atoms with Crippen LogP contribution in [0, 0.1) is 6.92 Å². The van der Waals surface area contributed by atoms with Crippen LogP contribution in [0.3, 0.4) is 0 Å². The van der Waals surface area contributed by atoms with Crippen molar-refractivity contribution in [2.75, 3.05) is 13.2 Å². The van der Waals surface area contributed by atoms with Crippen molar-refractivity contribution in [1.29, 1.82) is 0 Å². The molecule has 6 heteroatoms. The molecule has 0 amide bonds. The normalized spacial score (nSPS) is 13.3. The molecule has 23 heavy (non-hydrogen) atoms. The Morgan fingerprint density at radius 3 is 2.74 bits per heavy atom. The average molecular weight is 310 g/mol. The van der Waals surface area contributed by atoms with Crippen LogP contribution >= 0.6 is 0 Å². The lowest BCUT2D eigenvalue weighted by molar-refractivity contribution is 0.0690. The number of carbonyl (C=O) groups is 1. The lowest BCUT2D eigenvalue weighted by atomic mass is 10.1. The number of ether oxygens (including phenoxy) is 2. The summed E-state index contributed by atoms with van der Waals surface area (Å²) in [5.74, 6) is 0.251. The van der Waals surface area contributed by atoms with Crippen LogP contribution in [0.2, 0.25) is 0 Å². The van der Waals surface area contributed by atoms with Crippen LogP contribution in [-0.4, -0.2) is 33.7 Å². The van der Waals surface area contributed by atoms with Crippen molar-refractivity contribution in [3.05, 3.63) is 47.8 Å². The fourth-order valence-corrected chi connectivity index (χ4v) is 2.74. The van der Waals surface area contributed by atoms with Gasteiger partial charge in [0.05, 0.1) is 0 Å². The molecule has 116 valence electrons. The first-order chi connectivity index (χ1) is 11.1. The van der Waals surface area contributed by atoms with Crippen LogP contribution in [0.15, 0.2) is 36.5 Å². The summed E-state index contributed by atoms with van der Waals surface area (Å²) in [7, 11) is 0. The van der Waals surface area contributed by atoms with Gasteiger partial charge < -0.3 is 14.6 Å². The molecule has 1 aliphatic rings. The summed E-state index contributed by atoms with van der Waals surface area (Å²) in [5, 5.41) is 9.60. The Hall–Kier alpha value is -3.02. The first kappa shape index (κ1) is 13.6. The molecular formula is C17H14N2O4. The molecule has 3 aromatic rings. The smallest absolute Gasteiger partial charge is 0.355 e. The second kappa shape index (κ2) is 5.01. The number of benzene rings is 1. The maximum Gasteiger partial charge on any atom is 0.355 e. The quantitative estimate of drug-likeness (QED) is 0.788. The number of pyridine rings is 1. The van der Waals surface area contributed by atoms with Crippen LogP contribution in [0.25, 0.3) is 16.9 Å². The van der Waals surface area contributed by atoms with Crippen molar-refractivity contribution in [2.24, 2.45) is 0 Å². The van der Waals surface area contributed by atoms with E-state index in [1.807, 2.05) is 19.1 Å². The highest BCUT2D eigenvalue weighted by atomic mass is 16.6. The number of aryl methyl sites for hydroxylation is 1. The first-order valence-corrected chi connectivity index (χ1v) is 7.25. The van der Waals surface area contributed by atoms with Gasteiger partial charge in [-0.1, -0.05) is 0 Å². The molecule has 3 heterocycles. The van der Waals surface area contributed by atoms with Gasteiger partial charge in [0.1, 0.15) is 24.6 Å². The maximum atomic E-state index is 11.7. The van der Waals surface area contributed by atoms with Crippen molar-refractivity contribution in [1.82, 2.24) is 9.38 Å². The minimum absolute atomic E-state index is 0.136. The van der Waals surface area contributed by atoms with Crippen LogP contribution in [0.4, 0.5) is 0 Å². The van der Waals surface area contributed by atoms with Gasteiger partial charge in [0.25, 0.3) is 0 Å². The van der Waals surface area contributed by atoms with E-state index in [1.165, 1.54) is 0 Å². The standard InChI is InChI=1S/C17H14N2O4/c1-10-4-5-19-14(8-10)18-15(16(19)17(20)21)11-2-3-12-13(9-11)23-7-6-22-12/h2-5,8-9H,6-7H2,1H3,(H,20,21). The second-order valence-electron chi connectivity index (χ2n) is 5.40. The monoisotopic (exact) mass is 310 g/mol. The molecule has 4 rings (SSSR count). The molecule has 1 N–H and O–H groups in total. The van der Waals surface area contributed by atoms with Gasteiger partial charge in [-0.3, -0.25) is 4.40 Å². The number of nitrogens with zero attached hydrogens (tertiary/aromatic N) is 2. The molecule has 0 aliphatic carbocycles. The zero-order chi connectivity index (χ0) is 16.0. The highest BCUT2D eigenvalue weighted by molar-refractivity contribution is 5.95. The minimum Gasteiger partial charge on any atom is -0.486 e. The molecule has 0 unspecified atom stereocenters. The third-order valence-corrected chi connectivity index (χ3v) is 3.80. The molecule has 0 fully saturated rings. The summed E-state index contributed by atoms with van der Waals surface area (Å²) in [5.41, 5.74) is 2.87. The first-order valence-electron chi connectivity index (χ1n) is 7.25. The molecule has 0 atom stereocenters. The number of aromatic nitrogens is 2. The molecule has 1 aliphatic heterocycles. The number of imidazole rings is 1. The molecule has 1 aromatic carbocycles. The molecule has 0 radical (unpaired) electrons. The molecule has 0 saturated carbocycles. The summed E-state index contributed by atoms with van der Waals surface area (Å²) in [6.45, 7) is 2.94. The Kier molecular flexibility index (Phi) is 2.97. The predicted molar refractivity (Wildman–Crippen MR) is 83.3 cm³/mol. The zero-order valence-corrected chi connectivity index (χ0v) is 12.4. The lowest BCUT2D eigenvalue weighted by Crippen LogP contribution is -2.15. The van der Waals surface area contributed by atoms with E-state index in [0.717, 1.165) is 5.56 Å². The van der Waals surface area contributed by atoms with Crippen molar-refractivity contribution in [2.45, 2.75) is 6.92 Å². The lowest BCUT2D eigenvalue weighted by Gasteiger charge is -2.18. The van der Waals surface area contributed by atoms with E-state index in [2.05, 4.69) is 4.98 Å². The molecular weight excluding hydrogens is 296 g/mol. The summed E-state index contributed by atoms with van der Waals surface area (Å²) in [4.78, 5) is 16.2. The van der Waals surface area contributed by atoms with Crippen molar-refractivity contribution in [3.63, 3.8) is 0 Å². The molecule has 2 aromatic heterocycles. The van der Waals surface area contributed by atoms with Crippen molar-refractivity contribution >= 4 is 11.6 Å². The van der Waals surface area contributed by atoms with E-state index in [0.29, 0.717) is 41.6 Å². The SMILES string of the molecule is Cc1ccn2c(C(=O)O)c(-c3ccc4c(c3)OCCO4)nc2c1. The highest BCUT2D eigenvalue weighted by Crippen LogP contribution is 2.35. The average Bonchev–Trinajstić information content (AvgIpc) is 2.93. The van der Waals surface area contributed by atoms with Crippen LogP contribution in [0.5, 0.6) is 11.5 Å². The molecule has 0 spiro atoms. The van der Waals surface area contributed by atoms with Gasteiger partial charge in [-0.25, -0.2) is 9.78 Å². The number of carboxylic acids is 1. The van der Waals surface area contributed by atoms with Gasteiger partial charge in [-0.2, -0.15) is 0 Å². The van der Waals surface area contributed by atoms with Crippen LogP contribution in [-0.2, 0) is 0 Å². The van der Waals surface area contributed by atoms with Gasteiger partial charge in [0.2, 0.25) is 0 Å². The molecule has 6 nitrogen and oxygen atoms in total. The Morgan fingerprint density at radius 2 is 1.96 bits per heavy atom. The Bertz CT molecular complexity index is 930. The van der Waals surface area contributed by atoms with Gasteiger partial charge in [0.15, 0.2) is 17.2 Å². The summed E-state index contributed by atoms with van der Waals surface area (Å²) >= 11 is 0. The molecule has 0 bridgehead atoms. The van der Waals surface area contributed by atoms with E-state index in [-0.39, 0.29) is 5.69 Å². The fourth-order valence-electron chi connectivity index (χ4n) is 2.74. The van der Waals surface area contributed by atoms with Crippen molar-refractivity contribution < 1.29 is 19.4 Å². The Labute approximate surface area is 131 Å². The topological polar surface area (TPSA) is 73.1 Å². The second-order valence-corrected chi connectivity index (χ2v) is 5.40. The van der Waals surface area contributed by atoms with Gasteiger partial charge in [0, 0.05) is 11.8 Å². The number of hydrogen-bond donors (Lipinski definition) is 1. The van der Waals surface area contributed by atoms with Gasteiger partial charge in [-0.05, 0) is 42.8 Å². The summed E-state index contributed by atoms with van der Waals surface area (Å²) in [6, 6.07) is 9.07. The third-order valence-electron chi connectivity index (χ3n) is 3.80. The number of hydrogen-bond acceptors (Lipinski definition) is 4. The Morgan fingerprint density at radius 1 is 1.17 bits per heavy atom. The van der Waals surface area contributed by atoms with E-state index in [4.69, 9.17) is 9.47 Å². The van der Waals surface area contributed by atoms with Gasteiger partial charge >= 0.3 is 5.97 Å². The van der Waals surface area contributed by atoms with E-state index in [9.17, 15) is 9.90 Å². The van der Waals surface area contributed by atoms with E-state index >= 15 is 0 Å². The predicted octanol–water partition coefficient (Wildman–Crippen LogP) is 2.78. The maximum absolute atomic E-state index is 11.7. The fraction of sp³-hybridized carbons (Fsp3) is 0.176. The zero-order valence-electron chi connectivity index (χ0n) is 12.4. The Balaban J connectivity index is 1.94. The highest BCUT2D eigenvalue weighted by Gasteiger charge is 2.22. The van der Waals surface area contributed by atoms with E-state index < -0.39 is 5.97 Å². The number of aromatic carboxylic acids is 1. The number of rotatable bonds is 2. The van der Waals surface area contributed by atoms with E-state index in [1.54, 1.807) is 28.8 Å².